The van der Waals surface area contributed by atoms with Crippen LogP contribution in [0.15, 0.2) is 48.5 Å². The molecule has 0 N–H and O–H groups in total. The molecule has 2 aromatic rings. The first-order chi connectivity index (χ1) is 16.4. The largest absolute Gasteiger partial charge is 0.345 e. The van der Waals surface area contributed by atoms with Crippen LogP contribution in [0, 0.1) is 23.5 Å². The van der Waals surface area contributed by atoms with Crippen LogP contribution in [0.2, 0.25) is 0 Å². The van der Waals surface area contributed by atoms with E-state index >= 15 is 0 Å². The van der Waals surface area contributed by atoms with Gasteiger partial charge in [0.05, 0.1) is 5.92 Å². The van der Waals surface area contributed by atoms with Crippen molar-refractivity contribution in [3.63, 3.8) is 0 Å². The number of rotatable bonds is 8. The summed E-state index contributed by atoms with van der Waals surface area (Å²) in [6, 6.07) is 14.2. The smallest absolute Gasteiger partial charge is 0.232 e. The molecule has 0 spiro atoms. The van der Waals surface area contributed by atoms with Crippen molar-refractivity contribution in [3.05, 3.63) is 65.7 Å². The fraction of sp³-hybridized carbons (Fsp3) is 0.481. The molecule has 0 bridgehead atoms. The van der Waals surface area contributed by atoms with Crippen LogP contribution in [-0.2, 0) is 16.0 Å². The van der Waals surface area contributed by atoms with E-state index in [9.17, 15) is 18.4 Å². The third-order valence-electron chi connectivity index (χ3n) is 7.09. The van der Waals surface area contributed by atoms with E-state index in [2.05, 4.69) is 29.2 Å². The van der Waals surface area contributed by atoms with Crippen LogP contribution in [0.25, 0.3) is 0 Å². The van der Waals surface area contributed by atoms with Gasteiger partial charge < -0.3 is 14.7 Å². The van der Waals surface area contributed by atoms with Crippen molar-refractivity contribution < 1.29 is 18.4 Å². The number of hydrogen-bond acceptors (Lipinski definition) is 3. The fourth-order valence-corrected chi connectivity index (χ4v) is 5.14. The van der Waals surface area contributed by atoms with Gasteiger partial charge in [0.2, 0.25) is 11.8 Å². The van der Waals surface area contributed by atoms with Crippen molar-refractivity contribution >= 4 is 17.5 Å². The molecule has 2 heterocycles. The Kier molecular flexibility index (Phi) is 7.93. The third kappa shape index (κ3) is 5.81. The van der Waals surface area contributed by atoms with E-state index < -0.39 is 17.6 Å². The maximum absolute atomic E-state index is 14.6. The Bertz CT molecular complexity index is 972. The van der Waals surface area contributed by atoms with E-state index in [-0.39, 0.29) is 37.0 Å². The Balaban J connectivity index is 1.34. The van der Waals surface area contributed by atoms with Gasteiger partial charge in [-0.25, -0.2) is 8.78 Å². The van der Waals surface area contributed by atoms with Gasteiger partial charge in [0, 0.05) is 26.6 Å². The highest BCUT2D eigenvalue weighted by Crippen LogP contribution is 2.28. The van der Waals surface area contributed by atoms with Gasteiger partial charge in [0.1, 0.15) is 17.3 Å². The minimum atomic E-state index is -0.757. The molecule has 0 aromatic heterocycles. The number of hydrogen-bond donors (Lipinski definition) is 0. The number of para-hydroxylation sites is 1. The van der Waals surface area contributed by atoms with Crippen molar-refractivity contribution in [3.8, 4) is 0 Å². The Morgan fingerprint density at radius 3 is 2.32 bits per heavy atom. The van der Waals surface area contributed by atoms with E-state index in [1.165, 1.54) is 33.6 Å². The highest BCUT2D eigenvalue weighted by molar-refractivity contribution is 5.99. The Labute approximate surface area is 200 Å². The van der Waals surface area contributed by atoms with Gasteiger partial charge in [-0.1, -0.05) is 36.4 Å². The first-order valence-corrected chi connectivity index (χ1v) is 12.2. The number of likely N-dealkylation sites (tertiary alicyclic amines) is 2. The van der Waals surface area contributed by atoms with Crippen LogP contribution in [0.3, 0.4) is 0 Å². The topological polar surface area (TPSA) is 43.9 Å². The predicted octanol–water partition coefficient (Wildman–Crippen LogP) is 4.12. The minimum absolute atomic E-state index is 0.0802. The van der Waals surface area contributed by atoms with Gasteiger partial charge in [-0.15, -0.1) is 0 Å². The molecule has 5 nitrogen and oxygen atoms in total. The Hall–Kier alpha value is -2.80. The summed E-state index contributed by atoms with van der Waals surface area (Å²) in [4.78, 5) is 30.3. The van der Waals surface area contributed by atoms with E-state index in [1.54, 1.807) is 7.05 Å². The molecule has 34 heavy (non-hydrogen) atoms. The van der Waals surface area contributed by atoms with Gasteiger partial charge in [-0.2, -0.15) is 0 Å². The van der Waals surface area contributed by atoms with Crippen LogP contribution in [0.1, 0.15) is 31.2 Å². The normalized spacial score (nSPS) is 19.6. The standard InChI is InChI=1S/C27H33F2N3O2/c1-30-19-22(18-25(30)33)27(34)32(26-23(28)9-5-10-24(26)29)14-6-13-31-15-11-21(12-16-31)17-20-7-3-2-4-8-20/h2-5,7-10,21-22H,6,11-19H2,1H3. The molecule has 0 aliphatic carbocycles. The van der Waals surface area contributed by atoms with Gasteiger partial charge in [-0.05, 0) is 68.9 Å². The van der Waals surface area contributed by atoms with E-state index in [1.807, 2.05) is 6.07 Å². The lowest BCUT2D eigenvalue weighted by Gasteiger charge is -2.33. The first kappa shape index (κ1) is 24.3. The van der Waals surface area contributed by atoms with Crippen molar-refractivity contribution in [1.29, 1.82) is 0 Å². The second kappa shape index (κ2) is 11.1. The number of amides is 2. The lowest BCUT2D eigenvalue weighted by atomic mass is 9.90. The van der Waals surface area contributed by atoms with Crippen molar-refractivity contribution in [2.24, 2.45) is 11.8 Å². The lowest BCUT2D eigenvalue weighted by Crippen LogP contribution is -2.41. The molecule has 0 radical (unpaired) electrons. The summed E-state index contributed by atoms with van der Waals surface area (Å²) >= 11 is 0. The zero-order valence-corrected chi connectivity index (χ0v) is 19.8. The number of piperidine rings is 1. The molecule has 2 aliphatic heterocycles. The highest BCUT2D eigenvalue weighted by Gasteiger charge is 2.36. The molecule has 2 aliphatic rings. The summed E-state index contributed by atoms with van der Waals surface area (Å²) in [6.45, 7) is 3.23. The van der Waals surface area contributed by atoms with Crippen LogP contribution in [0.5, 0.6) is 0 Å². The zero-order valence-electron chi connectivity index (χ0n) is 19.8. The van der Waals surface area contributed by atoms with Crippen LogP contribution in [-0.4, -0.2) is 61.4 Å². The monoisotopic (exact) mass is 469 g/mol. The summed E-state index contributed by atoms with van der Waals surface area (Å²) in [5.74, 6) is -1.93. The van der Waals surface area contributed by atoms with E-state index in [0.29, 0.717) is 12.3 Å². The molecular weight excluding hydrogens is 436 g/mol. The van der Waals surface area contributed by atoms with Crippen molar-refractivity contribution in [2.75, 3.05) is 44.7 Å². The minimum Gasteiger partial charge on any atom is -0.345 e. The summed E-state index contributed by atoms with van der Waals surface area (Å²) in [5, 5.41) is 0. The number of carbonyl (C=O) groups is 2. The maximum atomic E-state index is 14.6. The van der Waals surface area contributed by atoms with Gasteiger partial charge in [-0.3, -0.25) is 9.59 Å². The third-order valence-corrected chi connectivity index (χ3v) is 7.09. The van der Waals surface area contributed by atoms with Crippen LogP contribution >= 0.6 is 0 Å². The average Bonchev–Trinajstić information content (AvgIpc) is 3.17. The molecule has 1 atom stereocenters. The molecule has 1 unspecified atom stereocenters. The number of nitrogens with zero attached hydrogens (tertiary/aromatic N) is 3. The number of carbonyl (C=O) groups excluding carboxylic acids is 2. The Morgan fingerprint density at radius 2 is 1.71 bits per heavy atom. The molecule has 2 fully saturated rings. The molecule has 4 rings (SSSR count). The van der Waals surface area contributed by atoms with Crippen molar-refractivity contribution in [2.45, 2.75) is 32.1 Å². The first-order valence-electron chi connectivity index (χ1n) is 12.2. The van der Waals surface area contributed by atoms with E-state index in [0.717, 1.165) is 38.9 Å². The number of benzene rings is 2. The second-order valence-corrected chi connectivity index (χ2v) is 9.56. The van der Waals surface area contributed by atoms with Crippen LogP contribution < -0.4 is 4.90 Å². The molecule has 2 saturated heterocycles. The number of anilines is 1. The average molecular weight is 470 g/mol. The molecule has 7 heteroatoms. The summed E-state index contributed by atoms with van der Waals surface area (Å²) in [7, 11) is 1.64. The summed E-state index contributed by atoms with van der Waals surface area (Å²) in [5.41, 5.74) is 1.06. The molecule has 0 saturated carbocycles. The molecular formula is C27H33F2N3O2. The molecule has 182 valence electrons. The highest BCUT2D eigenvalue weighted by atomic mass is 19.1. The van der Waals surface area contributed by atoms with E-state index in [4.69, 9.17) is 0 Å². The number of halogens is 2. The van der Waals surface area contributed by atoms with Gasteiger partial charge in [0.15, 0.2) is 0 Å². The predicted molar refractivity (Wildman–Crippen MR) is 128 cm³/mol. The Morgan fingerprint density at radius 1 is 1.03 bits per heavy atom. The molecule has 2 amide bonds. The van der Waals surface area contributed by atoms with Gasteiger partial charge in [0.25, 0.3) is 0 Å². The van der Waals surface area contributed by atoms with Gasteiger partial charge >= 0.3 is 0 Å². The summed E-state index contributed by atoms with van der Waals surface area (Å²) in [6.07, 6.45) is 4.03. The van der Waals surface area contributed by atoms with Crippen molar-refractivity contribution in [1.82, 2.24) is 9.80 Å². The fourth-order valence-electron chi connectivity index (χ4n) is 5.14. The zero-order chi connectivity index (χ0) is 24.1. The summed E-state index contributed by atoms with van der Waals surface area (Å²) < 4.78 is 29.2. The maximum Gasteiger partial charge on any atom is 0.232 e. The molecule has 2 aromatic carbocycles. The SMILES string of the molecule is CN1CC(C(=O)N(CCCN2CCC(Cc3ccccc3)CC2)c2c(F)cccc2F)CC1=O. The quantitative estimate of drug-likeness (QED) is 0.584. The lowest BCUT2D eigenvalue weighted by molar-refractivity contribution is -0.127. The van der Waals surface area contributed by atoms with Crippen LogP contribution in [0.4, 0.5) is 14.5 Å². The second-order valence-electron chi connectivity index (χ2n) is 9.56.